The summed E-state index contributed by atoms with van der Waals surface area (Å²) in [5, 5.41) is 8.75. The Bertz CT molecular complexity index is 187. The zero-order valence-electron chi connectivity index (χ0n) is 9.58. The molecule has 0 saturated carbocycles. The summed E-state index contributed by atoms with van der Waals surface area (Å²) in [4.78, 5) is 10.7. The second-order valence-corrected chi connectivity index (χ2v) is 4.32. The molecule has 15 heavy (non-hydrogen) atoms. The van der Waals surface area contributed by atoms with Gasteiger partial charge in [-0.2, -0.15) is 0 Å². The Balaban J connectivity index is 3.75. The molecule has 0 aromatic rings. The van der Waals surface area contributed by atoms with Gasteiger partial charge in [-0.1, -0.05) is 26.7 Å². The molecule has 0 aliphatic rings. The molecule has 3 N–H and O–H groups in total. The first-order valence-electron chi connectivity index (χ1n) is 5.53. The van der Waals surface area contributed by atoms with Crippen LogP contribution in [-0.2, 0) is 4.79 Å². The van der Waals surface area contributed by atoms with Gasteiger partial charge in [-0.15, -0.1) is 0 Å². The average molecular weight is 219 g/mol. The number of hydrogen-bond acceptors (Lipinski definition) is 2. The molecule has 0 fully saturated rings. The fourth-order valence-electron chi connectivity index (χ4n) is 1.56. The van der Waals surface area contributed by atoms with Crippen LogP contribution in [0.25, 0.3) is 0 Å². The van der Waals surface area contributed by atoms with Gasteiger partial charge < -0.3 is 10.8 Å². The van der Waals surface area contributed by atoms with Crippen LogP contribution >= 0.6 is 0 Å². The van der Waals surface area contributed by atoms with E-state index in [4.69, 9.17) is 10.8 Å². The number of carbonyl (C=O) groups is 1. The van der Waals surface area contributed by atoms with Crippen LogP contribution in [0.2, 0.25) is 0 Å². The van der Waals surface area contributed by atoms with E-state index in [9.17, 15) is 9.18 Å². The van der Waals surface area contributed by atoms with Gasteiger partial charge in [0, 0.05) is 6.04 Å². The Labute approximate surface area is 90.8 Å². The molecule has 4 heteroatoms. The number of carboxylic acid groups (broad SMARTS) is 1. The van der Waals surface area contributed by atoms with Crippen molar-refractivity contribution in [3.63, 3.8) is 0 Å². The largest absolute Gasteiger partial charge is 0.481 e. The number of unbranched alkanes of at least 4 members (excludes halogenated alkanes) is 1. The summed E-state index contributed by atoms with van der Waals surface area (Å²) >= 11 is 0. The van der Waals surface area contributed by atoms with E-state index in [1.165, 1.54) is 0 Å². The number of carboxylic acids is 1. The Morgan fingerprint density at radius 3 is 2.47 bits per heavy atom. The number of halogens is 1. The summed E-state index contributed by atoms with van der Waals surface area (Å²) in [6, 6.07) is -0.303. The van der Waals surface area contributed by atoms with Gasteiger partial charge in [-0.25, -0.2) is 0 Å². The molecule has 1 unspecified atom stereocenters. The SMILES string of the molecule is CC(C(=O)O)[C@@H](N)C[C@H](C)CCCCF. The molecule has 0 aliphatic heterocycles. The molecule has 90 valence electrons. The predicted molar refractivity (Wildman–Crippen MR) is 58.4 cm³/mol. The molecule has 3 nitrogen and oxygen atoms in total. The smallest absolute Gasteiger partial charge is 0.307 e. The predicted octanol–water partition coefficient (Wildman–Crippen LogP) is 2.20. The van der Waals surface area contributed by atoms with Crippen molar-refractivity contribution in [2.75, 3.05) is 6.67 Å². The van der Waals surface area contributed by atoms with Gasteiger partial charge in [-0.3, -0.25) is 9.18 Å². The highest BCUT2D eigenvalue weighted by molar-refractivity contribution is 5.70. The summed E-state index contributed by atoms with van der Waals surface area (Å²) < 4.78 is 11.8. The maximum Gasteiger partial charge on any atom is 0.307 e. The average Bonchev–Trinajstić information content (AvgIpc) is 2.16. The minimum atomic E-state index is -0.849. The van der Waals surface area contributed by atoms with Gasteiger partial charge in [0.15, 0.2) is 0 Å². The highest BCUT2D eigenvalue weighted by Gasteiger charge is 2.21. The molecule has 0 aromatic heterocycles. The molecule has 0 saturated heterocycles. The number of rotatable bonds is 8. The van der Waals surface area contributed by atoms with Crippen molar-refractivity contribution >= 4 is 5.97 Å². The number of aliphatic carboxylic acids is 1. The molecule has 0 bridgehead atoms. The topological polar surface area (TPSA) is 63.3 Å². The Kier molecular flexibility index (Phi) is 7.30. The van der Waals surface area contributed by atoms with Crippen LogP contribution in [0.4, 0.5) is 4.39 Å². The number of alkyl halides is 1. The molecule has 0 aromatic carbocycles. The van der Waals surface area contributed by atoms with E-state index in [0.29, 0.717) is 18.8 Å². The van der Waals surface area contributed by atoms with Gasteiger partial charge in [0.25, 0.3) is 0 Å². The van der Waals surface area contributed by atoms with Crippen LogP contribution in [0, 0.1) is 11.8 Å². The molecule has 0 radical (unpaired) electrons. The zero-order valence-corrected chi connectivity index (χ0v) is 9.58. The van der Waals surface area contributed by atoms with Crippen molar-refractivity contribution in [3.8, 4) is 0 Å². The van der Waals surface area contributed by atoms with Crippen LogP contribution in [0.15, 0.2) is 0 Å². The molecule has 0 spiro atoms. The summed E-state index contributed by atoms with van der Waals surface area (Å²) in [5.41, 5.74) is 5.77. The molecule has 0 rings (SSSR count). The third-order valence-electron chi connectivity index (χ3n) is 2.79. The minimum Gasteiger partial charge on any atom is -0.481 e. The monoisotopic (exact) mass is 219 g/mol. The second-order valence-electron chi connectivity index (χ2n) is 4.32. The Hall–Kier alpha value is -0.640. The third-order valence-corrected chi connectivity index (χ3v) is 2.79. The van der Waals surface area contributed by atoms with Gasteiger partial charge in [0.2, 0.25) is 0 Å². The van der Waals surface area contributed by atoms with Gasteiger partial charge in [-0.05, 0) is 18.8 Å². The van der Waals surface area contributed by atoms with Crippen molar-refractivity contribution in [2.24, 2.45) is 17.6 Å². The maximum absolute atomic E-state index is 11.8. The standard InChI is InChI=1S/C11H22FNO2/c1-8(5-3-4-6-12)7-10(13)9(2)11(14)15/h8-10H,3-7,13H2,1-2H3,(H,14,15)/t8-,9?,10+/m1/s1. The first-order valence-corrected chi connectivity index (χ1v) is 5.53. The van der Waals surface area contributed by atoms with E-state index >= 15 is 0 Å². The normalized spacial score (nSPS) is 17.1. The minimum absolute atomic E-state index is 0.274. The Morgan fingerprint density at radius 2 is 2.00 bits per heavy atom. The fourth-order valence-corrected chi connectivity index (χ4v) is 1.56. The van der Waals surface area contributed by atoms with Crippen molar-refractivity contribution in [1.29, 1.82) is 0 Å². The number of nitrogens with two attached hydrogens (primary N) is 1. The van der Waals surface area contributed by atoms with E-state index < -0.39 is 11.9 Å². The van der Waals surface area contributed by atoms with Gasteiger partial charge in [0.1, 0.15) is 0 Å². The molecule has 0 aliphatic carbocycles. The maximum atomic E-state index is 11.8. The van der Waals surface area contributed by atoms with E-state index in [1.54, 1.807) is 6.92 Å². The van der Waals surface area contributed by atoms with Crippen LogP contribution in [0.5, 0.6) is 0 Å². The highest BCUT2D eigenvalue weighted by atomic mass is 19.1. The van der Waals surface area contributed by atoms with E-state index in [2.05, 4.69) is 0 Å². The molecule has 0 amide bonds. The summed E-state index contributed by atoms with van der Waals surface area (Å²) in [6.45, 7) is 3.39. The quantitative estimate of drug-likeness (QED) is 0.615. The highest BCUT2D eigenvalue weighted by Crippen LogP contribution is 2.17. The van der Waals surface area contributed by atoms with Crippen LogP contribution in [0.3, 0.4) is 0 Å². The van der Waals surface area contributed by atoms with Crippen molar-refractivity contribution < 1.29 is 14.3 Å². The number of hydrogen-bond donors (Lipinski definition) is 2. The van der Waals surface area contributed by atoms with Crippen molar-refractivity contribution in [1.82, 2.24) is 0 Å². The third kappa shape index (κ3) is 6.44. The lowest BCUT2D eigenvalue weighted by molar-refractivity contribution is -0.141. The summed E-state index contributed by atoms with van der Waals surface area (Å²) in [7, 11) is 0. The van der Waals surface area contributed by atoms with E-state index in [0.717, 1.165) is 12.8 Å². The molecule has 3 atom stereocenters. The van der Waals surface area contributed by atoms with Gasteiger partial charge >= 0.3 is 5.97 Å². The Morgan fingerprint density at radius 1 is 1.40 bits per heavy atom. The first kappa shape index (κ1) is 14.4. The summed E-state index contributed by atoms with van der Waals surface area (Å²) in [5.74, 6) is -0.986. The second kappa shape index (κ2) is 7.63. The van der Waals surface area contributed by atoms with Crippen molar-refractivity contribution in [2.45, 2.75) is 45.6 Å². The fraction of sp³-hybridized carbons (Fsp3) is 0.909. The molecular weight excluding hydrogens is 197 g/mol. The van der Waals surface area contributed by atoms with Gasteiger partial charge in [0.05, 0.1) is 12.6 Å². The lowest BCUT2D eigenvalue weighted by atomic mass is 9.90. The lowest BCUT2D eigenvalue weighted by Gasteiger charge is -2.20. The van der Waals surface area contributed by atoms with E-state index in [1.807, 2.05) is 6.92 Å². The lowest BCUT2D eigenvalue weighted by Crippen LogP contribution is -2.34. The van der Waals surface area contributed by atoms with Crippen LogP contribution in [0.1, 0.15) is 39.5 Å². The van der Waals surface area contributed by atoms with Crippen LogP contribution in [-0.4, -0.2) is 23.8 Å². The molecular formula is C11H22FNO2. The summed E-state index contributed by atoms with van der Waals surface area (Å²) in [6.07, 6.45) is 3.06. The van der Waals surface area contributed by atoms with Crippen LogP contribution < -0.4 is 5.73 Å². The zero-order chi connectivity index (χ0) is 11.8. The first-order chi connectivity index (χ1) is 6.99. The van der Waals surface area contributed by atoms with Crippen molar-refractivity contribution in [3.05, 3.63) is 0 Å². The van der Waals surface area contributed by atoms with E-state index in [-0.39, 0.29) is 12.7 Å². The molecule has 0 heterocycles.